The molecule has 2 aliphatic rings. The molecule has 2 N–H and O–H groups in total. The molecule has 0 amide bonds. The van der Waals surface area contributed by atoms with Gasteiger partial charge in [-0.3, -0.25) is 0 Å². The molecule has 0 bridgehead atoms. The maximum atomic E-state index is 13.3. The fourth-order valence-electron chi connectivity index (χ4n) is 3.46. The summed E-state index contributed by atoms with van der Waals surface area (Å²) in [6.45, 7) is 1.42. The SMILES string of the molecule is Fc1ccc(/C=C2\CNCC3C2=NC(=S)NC3c2ccc(F)cc2)cc1. The second-order valence-electron chi connectivity index (χ2n) is 6.43. The van der Waals surface area contributed by atoms with Gasteiger partial charge in [0.25, 0.3) is 0 Å². The van der Waals surface area contributed by atoms with E-state index in [1.54, 1.807) is 24.3 Å². The van der Waals surface area contributed by atoms with Gasteiger partial charge in [-0.15, -0.1) is 0 Å². The minimum Gasteiger partial charge on any atom is -0.353 e. The van der Waals surface area contributed by atoms with Gasteiger partial charge >= 0.3 is 0 Å². The van der Waals surface area contributed by atoms with E-state index in [0.717, 1.165) is 29.0 Å². The van der Waals surface area contributed by atoms with Crippen LogP contribution in [0.4, 0.5) is 8.78 Å². The van der Waals surface area contributed by atoms with E-state index >= 15 is 0 Å². The topological polar surface area (TPSA) is 36.4 Å². The lowest BCUT2D eigenvalue weighted by atomic mass is 9.82. The fraction of sp³-hybridized carbons (Fsp3) is 0.200. The quantitative estimate of drug-likeness (QED) is 0.794. The lowest BCUT2D eigenvalue weighted by molar-refractivity contribution is 0.454. The Bertz CT molecular complexity index is 888. The van der Waals surface area contributed by atoms with E-state index in [2.05, 4.69) is 15.6 Å². The van der Waals surface area contributed by atoms with Crippen LogP contribution in [0.3, 0.4) is 0 Å². The Morgan fingerprint density at radius 1 is 1.00 bits per heavy atom. The number of nitrogens with one attached hydrogen (secondary N) is 2. The van der Waals surface area contributed by atoms with Crippen molar-refractivity contribution in [3.05, 3.63) is 76.9 Å². The maximum absolute atomic E-state index is 13.3. The Kier molecular flexibility index (Phi) is 4.61. The van der Waals surface area contributed by atoms with Crippen LogP contribution in [-0.4, -0.2) is 23.9 Å². The first-order valence-corrected chi connectivity index (χ1v) is 8.83. The van der Waals surface area contributed by atoms with Crippen molar-refractivity contribution >= 4 is 29.1 Å². The first kappa shape index (κ1) is 17.0. The van der Waals surface area contributed by atoms with Gasteiger partial charge in [0, 0.05) is 19.0 Å². The van der Waals surface area contributed by atoms with Gasteiger partial charge in [0.1, 0.15) is 11.6 Å². The summed E-state index contributed by atoms with van der Waals surface area (Å²) in [6.07, 6.45) is 2.01. The highest BCUT2D eigenvalue weighted by atomic mass is 32.1. The predicted molar refractivity (Wildman–Crippen MR) is 103 cm³/mol. The van der Waals surface area contributed by atoms with E-state index in [1.165, 1.54) is 24.3 Å². The van der Waals surface area contributed by atoms with Gasteiger partial charge in [0.05, 0.1) is 11.8 Å². The number of nitrogens with zero attached hydrogens (tertiary/aromatic N) is 1. The van der Waals surface area contributed by atoms with Gasteiger partial charge in [-0.25, -0.2) is 13.8 Å². The zero-order valence-electron chi connectivity index (χ0n) is 13.9. The Morgan fingerprint density at radius 3 is 2.35 bits per heavy atom. The van der Waals surface area contributed by atoms with Gasteiger partial charge in [0.15, 0.2) is 5.11 Å². The van der Waals surface area contributed by atoms with Crippen LogP contribution in [0, 0.1) is 17.6 Å². The van der Waals surface area contributed by atoms with Crippen LogP contribution in [0.1, 0.15) is 17.2 Å². The lowest BCUT2D eigenvalue weighted by Crippen LogP contribution is -2.50. The van der Waals surface area contributed by atoms with Crippen LogP contribution in [0.15, 0.2) is 59.1 Å². The van der Waals surface area contributed by atoms with E-state index in [1.807, 2.05) is 6.08 Å². The molecule has 2 atom stereocenters. The molecular formula is C20H17F2N3S. The third kappa shape index (κ3) is 3.43. The largest absolute Gasteiger partial charge is 0.353 e. The molecule has 2 aromatic rings. The third-order valence-electron chi connectivity index (χ3n) is 4.70. The van der Waals surface area contributed by atoms with Crippen molar-refractivity contribution in [1.29, 1.82) is 0 Å². The monoisotopic (exact) mass is 369 g/mol. The maximum Gasteiger partial charge on any atom is 0.193 e. The highest BCUT2D eigenvalue weighted by Gasteiger charge is 2.36. The summed E-state index contributed by atoms with van der Waals surface area (Å²) in [4.78, 5) is 4.57. The molecule has 132 valence electrons. The molecule has 2 unspecified atom stereocenters. The van der Waals surface area contributed by atoms with Crippen LogP contribution in [0.2, 0.25) is 0 Å². The summed E-state index contributed by atoms with van der Waals surface area (Å²) in [5.74, 6) is -0.448. The van der Waals surface area contributed by atoms with Crippen molar-refractivity contribution in [3.63, 3.8) is 0 Å². The van der Waals surface area contributed by atoms with E-state index < -0.39 is 0 Å². The molecule has 1 saturated heterocycles. The second-order valence-corrected chi connectivity index (χ2v) is 6.82. The van der Waals surface area contributed by atoms with E-state index in [0.29, 0.717) is 11.7 Å². The first-order valence-electron chi connectivity index (χ1n) is 8.42. The van der Waals surface area contributed by atoms with Crippen LogP contribution < -0.4 is 10.6 Å². The molecule has 0 saturated carbocycles. The fourth-order valence-corrected chi connectivity index (χ4v) is 3.69. The molecule has 1 fully saturated rings. The van der Waals surface area contributed by atoms with E-state index in [-0.39, 0.29) is 23.6 Å². The molecule has 0 radical (unpaired) electrons. The average Bonchev–Trinajstić information content (AvgIpc) is 2.64. The van der Waals surface area contributed by atoms with E-state index in [4.69, 9.17) is 12.2 Å². The van der Waals surface area contributed by atoms with Gasteiger partial charge in [-0.2, -0.15) is 0 Å². The molecule has 2 aromatic carbocycles. The van der Waals surface area contributed by atoms with Crippen LogP contribution in [0.5, 0.6) is 0 Å². The highest BCUT2D eigenvalue weighted by molar-refractivity contribution is 7.80. The Labute approximate surface area is 155 Å². The summed E-state index contributed by atoms with van der Waals surface area (Å²) < 4.78 is 26.4. The van der Waals surface area contributed by atoms with Crippen molar-refractivity contribution in [2.24, 2.45) is 10.9 Å². The number of hydrogen-bond donors (Lipinski definition) is 2. The Balaban J connectivity index is 1.69. The Hall–Kier alpha value is -2.44. The molecule has 0 aromatic heterocycles. The van der Waals surface area contributed by atoms with Gasteiger partial charge in [0.2, 0.25) is 0 Å². The highest BCUT2D eigenvalue weighted by Crippen LogP contribution is 2.31. The van der Waals surface area contributed by atoms with Crippen LogP contribution >= 0.6 is 12.2 Å². The van der Waals surface area contributed by atoms with Crippen molar-refractivity contribution in [2.75, 3.05) is 13.1 Å². The number of benzene rings is 2. The number of aliphatic imine (C=N–C) groups is 1. The molecule has 2 aliphatic heterocycles. The predicted octanol–water partition coefficient (Wildman–Crippen LogP) is 3.64. The molecule has 0 aliphatic carbocycles. The summed E-state index contributed by atoms with van der Waals surface area (Å²) in [7, 11) is 0. The van der Waals surface area contributed by atoms with Crippen molar-refractivity contribution in [3.8, 4) is 0 Å². The number of piperidine rings is 1. The van der Waals surface area contributed by atoms with Gasteiger partial charge in [-0.1, -0.05) is 24.3 Å². The molecule has 2 heterocycles. The standard InChI is InChI=1S/C20H17F2N3S/c21-15-5-1-12(2-6-15)9-14-10-23-11-17-18(24-20(26)25-19(14)17)13-3-7-16(22)8-4-13/h1-9,17-18,23H,10-11H2,(H,24,26)/b14-9+. The summed E-state index contributed by atoms with van der Waals surface area (Å²) in [5.41, 5.74) is 3.85. The number of fused-ring (bicyclic) bond motifs is 1. The van der Waals surface area contributed by atoms with Crippen molar-refractivity contribution in [1.82, 2.24) is 10.6 Å². The Morgan fingerprint density at radius 2 is 1.65 bits per heavy atom. The third-order valence-corrected chi connectivity index (χ3v) is 4.91. The summed E-state index contributed by atoms with van der Waals surface area (Å²) >= 11 is 5.34. The molecule has 26 heavy (non-hydrogen) atoms. The first-order chi connectivity index (χ1) is 12.6. The number of rotatable bonds is 2. The molecule has 6 heteroatoms. The normalized spacial score (nSPS) is 24.0. The second kappa shape index (κ2) is 7.05. The van der Waals surface area contributed by atoms with Gasteiger partial charge in [-0.05, 0) is 59.3 Å². The number of hydrogen-bond acceptors (Lipinski definition) is 2. The number of thiocarbonyl (C=S) groups is 1. The molecular weight excluding hydrogens is 352 g/mol. The smallest absolute Gasteiger partial charge is 0.193 e. The molecule has 0 spiro atoms. The molecule has 3 nitrogen and oxygen atoms in total. The summed E-state index contributed by atoms with van der Waals surface area (Å²) in [6, 6.07) is 12.8. The van der Waals surface area contributed by atoms with Crippen molar-refractivity contribution in [2.45, 2.75) is 6.04 Å². The number of halogens is 2. The lowest BCUT2D eigenvalue weighted by Gasteiger charge is -2.37. The van der Waals surface area contributed by atoms with Crippen LogP contribution in [-0.2, 0) is 0 Å². The van der Waals surface area contributed by atoms with E-state index in [9.17, 15) is 8.78 Å². The zero-order valence-corrected chi connectivity index (χ0v) is 14.7. The van der Waals surface area contributed by atoms with Gasteiger partial charge < -0.3 is 10.6 Å². The van der Waals surface area contributed by atoms with Crippen molar-refractivity contribution < 1.29 is 8.78 Å². The summed E-state index contributed by atoms with van der Waals surface area (Å²) in [5, 5.41) is 7.09. The molecule has 4 rings (SSSR count). The minimum atomic E-state index is -0.264. The average molecular weight is 369 g/mol. The zero-order chi connectivity index (χ0) is 18.1. The minimum absolute atomic E-state index is 0.0694. The van der Waals surface area contributed by atoms with Crippen LogP contribution in [0.25, 0.3) is 6.08 Å².